The van der Waals surface area contributed by atoms with Gasteiger partial charge in [0.15, 0.2) is 0 Å². The Morgan fingerprint density at radius 3 is 2.15 bits per heavy atom. The molecule has 146 valence electrons. The Balaban J connectivity index is 1.86. The van der Waals surface area contributed by atoms with Gasteiger partial charge in [0.25, 0.3) is 0 Å². The highest BCUT2D eigenvalue weighted by molar-refractivity contribution is 7.99. The first-order chi connectivity index (χ1) is 12.4. The fourth-order valence-electron chi connectivity index (χ4n) is 3.25. The van der Waals surface area contributed by atoms with Crippen molar-refractivity contribution < 1.29 is 33.9 Å². The number of methoxy groups -OCH3 is 2. The molecule has 7 atom stereocenters. The first-order valence-corrected chi connectivity index (χ1v) is 9.37. The summed E-state index contributed by atoms with van der Waals surface area (Å²) < 4.78 is 29.1. The van der Waals surface area contributed by atoms with Gasteiger partial charge >= 0.3 is 0 Å². The molecule has 7 nitrogen and oxygen atoms in total. The maximum absolute atomic E-state index is 10.9. The molecule has 0 aromatic heterocycles. The van der Waals surface area contributed by atoms with Crippen molar-refractivity contribution in [1.29, 1.82) is 0 Å². The number of thioether (sulfide) groups is 1. The van der Waals surface area contributed by atoms with E-state index in [0.29, 0.717) is 0 Å². The average Bonchev–Trinajstić information content (AvgIpc) is 2.66. The molecular weight excluding hydrogens is 360 g/mol. The van der Waals surface area contributed by atoms with Crippen LogP contribution < -0.4 is 0 Å². The number of aliphatic hydroxyl groups is 2. The lowest BCUT2D eigenvalue weighted by molar-refractivity contribution is -0.470. The highest BCUT2D eigenvalue weighted by Gasteiger charge is 2.62. The van der Waals surface area contributed by atoms with Gasteiger partial charge in [-0.3, -0.25) is 0 Å². The molecule has 0 spiro atoms. The quantitative estimate of drug-likeness (QED) is 0.785. The standard InChI is InChI=1S/C18H26O7S/c1-17(21-3)18(2,22-4)25-15-13(20)16(23-12(10-19)14(15)24-17)26-11-8-6-5-7-9-11/h5-9,12-16,19-20H,10H2,1-4H3/t12?,13-,14-,15-,16-,17+,18+/m1/s1. The number of benzene rings is 1. The Kier molecular flexibility index (Phi) is 5.96. The minimum Gasteiger partial charge on any atom is -0.394 e. The van der Waals surface area contributed by atoms with E-state index in [-0.39, 0.29) is 6.61 Å². The molecule has 2 saturated heterocycles. The van der Waals surface area contributed by atoms with Crippen LogP contribution in [-0.2, 0) is 23.7 Å². The van der Waals surface area contributed by atoms with E-state index in [9.17, 15) is 10.2 Å². The molecule has 0 aliphatic carbocycles. The zero-order valence-corrected chi connectivity index (χ0v) is 16.1. The summed E-state index contributed by atoms with van der Waals surface area (Å²) in [4.78, 5) is 0.944. The van der Waals surface area contributed by atoms with E-state index in [2.05, 4.69) is 0 Å². The number of aliphatic hydroxyl groups excluding tert-OH is 2. The first-order valence-electron chi connectivity index (χ1n) is 8.49. The zero-order chi connectivity index (χ0) is 18.9. The van der Waals surface area contributed by atoms with Gasteiger partial charge in [0.05, 0.1) is 6.61 Å². The summed E-state index contributed by atoms with van der Waals surface area (Å²) in [6, 6.07) is 9.61. The number of fused-ring (bicyclic) bond motifs is 1. The minimum atomic E-state index is -1.23. The van der Waals surface area contributed by atoms with Crippen molar-refractivity contribution in [2.24, 2.45) is 0 Å². The first kappa shape index (κ1) is 20.0. The number of rotatable bonds is 5. The van der Waals surface area contributed by atoms with Crippen LogP contribution in [0, 0.1) is 0 Å². The summed E-state index contributed by atoms with van der Waals surface area (Å²) in [7, 11) is 2.98. The lowest BCUT2D eigenvalue weighted by atomic mass is 9.95. The largest absolute Gasteiger partial charge is 0.394 e. The van der Waals surface area contributed by atoms with Gasteiger partial charge < -0.3 is 33.9 Å². The maximum Gasteiger partial charge on any atom is 0.220 e. The lowest BCUT2D eigenvalue weighted by Crippen LogP contribution is -2.72. The summed E-state index contributed by atoms with van der Waals surface area (Å²) in [6.45, 7) is 3.12. The normalized spacial score (nSPS) is 43.1. The van der Waals surface area contributed by atoms with Crippen LogP contribution in [0.5, 0.6) is 0 Å². The monoisotopic (exact) mass is 386 g/mol. The molecule has 0 amide bonds. The third-order valence-corrected chi connectivity index (χ3v) is 6.28. The molecule has 1 unspecified atom stereocenters. The predicted molar refractivity (Wildman–Crippen MR) is 94.6 cm³/mol. The molecule has 0 radical (unpaired) electrons. The zero-order valence-electron chi connectivity index (χ0n) is 15.3. The molecule has 1 aromatic rings. The average molecular weight is 386 g/mol. The third-order valence-electron chi connectivity index (χ3n) is 5.12. The van der Waals surface area contributed by atoms with Crippen LogP contribution in [0.25, 0.3) is 0 Å². The van der Waals surface area contributed by atoms with Crippen LogP contribution in [0.15, 0.2) is 35.2 Å². The predicted octanol–water partition coefficient (Wildman–Crippen LogP) is 1.37. The molecule has 2 aliphatic heterocycles. The molecule has 0 bridgehead atoms. The van der Waals surface area contributed by atoms with Crippen molar-refractivity contribution in [1.82, 2.24) is 0 Å². The van der Waals surface area contributed by atoms with Gasteiger partial charge in [-0.1, -0.05) is 30.0 Å². The van der Waals surface area contributed by atoms with Crippen molar-refractivity contribution in [2.75, 3.05) is 20.8 Å². The van der Waals surface area contributed by atoms with E-state index in [4.69, 9.17) is 23.7 Å². The van der Waals surface area contributed by atoms with Gasteiger partial charge in [-0.05, 0) is 26.0 Å². The van der Waals surface area contributed by atoms with Crippen molar-refractivity contribution in [3.63, 3.8) is 0 Å². The van der Waals surface area contributed by atoms with Crippen LogP contribution >= 0.6 is 11.8 Å². The topological polar surface area (TPSA) is 86.6 Å². The molecule has 26 heavy (non-hydrogen) atoms. The molecule has 2 aliphatic rings. The van der Waals surface area contributed by atoms with Gasteiger partial charge in [-0.15, -0.1) is 0 Å². The van der Waals surface area contributed by atoms with Crippen LogP contribution in [0.4, 0.5) is 0 Å². The van der Waals surface area contributed by atoms with E-state index in [0.717, 1.165) is 4.90 Å². The summed E-state index contributed by atoms with van der Waals surface area (Å²) >= 11 is 1.37. The number of ether oxygens (including phenoxy) is 5. The van der Waals surface area contributed by atoms with E-state index >= 15 is 0 Å². The minimum absolute atomic E-state index is 0.271. The van der Waals surface area contributed by atoms with Crippen LogP contribution in [-0.4, -0.2) is 72.5 Å². The lowest BCUT2D eigenvalue weighted by Gasteiger charge is -2.56. The molecule has 0 saturated carbocycles. The Morgan fingerprint density at radius 2 is 1.62 bits per heavy atom. The van der Waals surface area contributed by atoms with Gasteiger partial charge in [0.1, 0.15) is 29.9 Å². The third kappa shape index (κ3) is 3.41. The Morgan fingerprint density at radius 1 is 1.04 bits per heavy atom. The van der Waals surface area contributed by atoms with Gasteiger partial charge in [0, 0.05) is 19.1 Å². The van der Waals surface area contributed by atoms with Gasteiger partial charge in [-0.25, -0.2) is 0 Å². The van der Waals surface area contributed by atoms with Crippen molar-refractivity contribution in [3.05, 3.63) is 30.3 Å². The summed E-state index contributed by atoms with van der Waals surface area (Å²) in [5.41, 5.74) is -0.618. The van der Waals surface area contributed by atoms with E-state index in [1.807, 2.05) is 30.3 Å². The molecule has 2 fully saturated rings. The molecule has 2 N–H and O–H groups in total. The second-order valence-electron chi connectivity index (χ2n) is 6.61. The number of hydrogen-bond donors (Lipinski definition) is 2. The van der Waals surface area contributed by atoms with E-state index < -0.39 is 41.4 Å². The second-order valence-corrected chi connectivity index (χ2v) is 7.78. The fourth-order valence-corrected chi connectivity index (χ4v) is 4.32. The highest BCUT2D eigenvalue weighted by atomic mass is 32.2. The van der Waals surface area contributed by atoms with Crippen molar-refractivity contribution in [3.8, 4) is 0 Å². The smallest absolute Gasteiger partial charge is 0.220 e. The summed E-state index contributed by atoms with van der Waals surface area (Å²) in [6.07, 6.45) is -3.09. The Bertz CT molecular complexity index is 602. The molecule has 3 rings (SSSR count). The molecule has 1 aromatic carbocycles. The SMILES string of the molecule is CO[C@@]1(C)O[C@@H]2[C@@H](O)[C@@H](Sc3ccccc3)OC(CO)[C@H]2O[C@]1(C)OC. The van der Waals surface area contributed by atoms with Crippen LogP contribution in [0.3, 0.4) is 0 Å². The van der Waals surface area contributed by atoms with Gasteiger partial charge in [0.2, 0.25) is 11.6 Å². The van der Waals surface area contributed by atoms with Gasteiger partial charge in [-0.2, -0.15) is 0 Å². The Labute approximate surface area is 157 Å². The molecule has 8 heteroatoms. The van der Waals surface area contributed by atoms with E-state index in [1.54, 1.807) is 13.8 Å². The summed E-state index contributed by atoms with van der Waals surface area (Å²) in [5, 5.41) is 20.7. The maximum atomic E-state index is 10.9. The van der Waals surface area contributed by atoms with Crippen molar-refractivity contribution >= 4 is 11.8 Å². The number of hydrogen-bond acceptors (Lipinski definition) is 8. The molecule has 2 heterocycles. The highest BCUT2D eigenvalue weighted by Crippen LogP contribution is 2.45. The fraction of sp³-hybridized carbons (Fsp3) is 0.667. The molecular formula is C18H26O7S. The van der Waals surface area contributed by atoms with E-state index in [1.165, 1.54) is 26.0 Å². The van der Waals surface area contributed by atoms with Crippen LogP contribution in [0.1, 0.15) is 13.8 Å². The second kappa shape index (κ2) is 7.73. The summed E-state index contributed by atoms with van der Waals surface area (Å²) in [5.74, 6) is -2.46. The van der Waals surface area contributed by atoms with Crippen molar-refractivity contribution in [2.45, 2.75) is 60.2 Å². The Hall–Kier alpha value is -0.710. The van der Waals surface area contributed by atoms with Crippen LogP contribution in [0.2, 0.25) is 0 Å².